The molecule has 1 atom stereocenters. The zero-order chi connectivity index (χ0) is 9.14. The molecule has 0 saturated heterocycles. The number of carbonyl (C=O) groups is 1. The standard InChI is InChI=1S/C8H10ClNOS/c1-2-5-3-4-6(12-5)7(9)8(10)11/h3-4,7H,2H2,1H3,(H2,10,11). The second-order valence-corrected chi connectivity index (χ2v) is 4.06. The Balaban J connectivity index is 2.81. The summed E-state index contributed by atoms with van der Waals surface area (Å²) in [7, 11) is 0. The maximum Gasteiger partial charge on any atom is 0.240 e. The van der Waals surface area contributed by atoms with Gasteiger partial charge in [0.15, 0.2) is 0 Å². The van der Waals surface area contributed by atoms with E-state index in [4.69, 9.17) is 17.3 Å². The van der Waals surface area contributed by atoms with Crippen molar-refractivity contribution < 1.29 is 4.79 Å². The van der Waals surface area contributed by atoms with E-state index in [-0.39, 0.29) is 0 Å². The van der Waals surface area contributed by atoms with Crippen LogP contribution in [0.25, 0.3) is 0 Å². The van der Waals surface area contributed by atoms with E-state index in [1.807, 2.05) is 12.1 Å². The van der Waals surface area contributed by atoms with Crippen LogP contribution in [0, 0.1) is 0 Å². The number of nitrogens with two attached hydrogens (primary N) is 1. The third kappa shape index (κ3) is 1.99. The molecular weight excluding hydrogens is 194 g/mol. The summed E-state index contributed by atoms with van der Waals surface area (Å²) in [6.07, 6.45) is 0.965. The third-order valence-corrected chi connectivity index (χ3v) is 3.40. The van der Waals surface area contributed by atoms with E-state index >= 15 is 0 Å². The Kier molecular flexibility index (Phi) is 3.12. The van der Waals surface area contributed by atoms with Gasteiger partial charge >= 0.3 is 0 Å². The van der Waals surface area contributed by atoms with Crippen LogP contribution in [0.1, 0.15) is 22.1 Å². The monoisotopic (exact) mass is 203 g/mol. The molecule has 1 heterocycles. The highest BCUT2D eigenvalue weighted by Gasteiger charge is 2.15. The highest BCUT2D eigenvalue weighted by Crippen LogP contribution is 2.27. The summed E-state index contributed by atoms with van der Waals surface area (Å²) in [6.45, 7) is 2.06. The summed E-state index contributed by atoms with van der Waals surface area (Å²) in [6, 6.07) is 3.82. The average molecular weight is 204 g/mol. The second-order valence-electron chi connectivity index (χ2n) is 2.42. The van der Waals surface area contributed by atoms with Gasteiger partial charge in [-0.1, -0.05) is 6.92 Å². The zero-order valence-corrected chi connectivity index (χ0v) is 8.28. The van der Waals surface area contributed by atoms with Crippen molar-refractivity contribution in [3.8, 4) is 0 Å². The number of primary amides is 1. The molecule has 1 unspecified atom stereocenters. The Morgan fingerprint density at radius 2 is 2.42 bits per heavy atom. The minimum absolute atomic E-state index is 0.485. The number of alkyl halides is 1. The van der Waals surface area contributed by atoms with Gasteiger partial charge in [0.1, 0.15) is 5.38 Å². The summed E-state index contributed by atoms with van der Waals surface area (Å²) in [5, 5.41) is -0.671. The molecule has 1 amide bonds. The lowest BCUT2D eigenvalue weighted by molar-refractivity contribution is -0.117. The number of rotatable bonds is 3. The fraction of sp³-hybridized carbons (Fsp3) is 0.375. The quantitative estimate of drug-likeness (QED) is 0.751. The fourth-order valence-electron chi connectivity index (χ4n) is 0.861. The van der Waals surface area contributed by atoms with E-state index in [0.29, 0.717) is 0 Å². The molecule has 1 aromatic heterocycles. The zero-order valence-electron chi connectivity index (χ0n) is 6.71. The molecular formula is C8H10ClNOS. The van der Waals surface area contributed by atoms with Gasteiger partial charge in [0.05, 0.1) is 0 Å². The van der Waals surface area contributed by atoms with Crippen molar-refractivity contribution in [1.82, 2.24) is 0 Å². The Hall–Kier alpha value is -0.540. The lowest BCUT2D eigenvalue weighted by atomic mass is 10.3. The normalized spacial score (nSPS) is 12.8. The number of carbonyl (C=O) groups excluding carboxylic acids is 1. The molecule has 1 aromatic rings. The Morgan fingerprint density at radius 1 is 1.75 bits per heavy atom. The van der Waals surface area contributed by atoms with Gasteiger partial charge in [-0.15, -0.1) is 22.9 Å². The molecule has 66 valence electrons. The van der Waals surface area contributed by atoms with Gasteiger partial charge in [-0.3, -0.25) is 4.79 Å². The van der Waals surface area contributed by atoms with Crippen molar-refractivity contribution in [2.45, 2.75) is 18.7 Å². The maximum atomic E-state index is 10.7. The molecule has 0 aliphatic carbocycles. The average Bonchev–Trinajstić information content (AvgIpc) is 2.50. The number of thiophene rings is 1. The first-order valence-electron chi connectivity index (χ1n) is 3.67. The largest absolute Gasteiger partial charge is 0.368 e. The number of aryl methyl sites for hydroxylation is 1. The van der Waals surface area contributed by atoms with Crippen LogP contribution in [0.5, 0.6) is 0 Å². The van der Waals surface area contributed by atoms with E-state index in [1.54, 1.807) is 0 Å². The van der Waals surface area contributed by atoms with Gasteiger partial charge < -0.3 is 5.73 Å². The van der Waals surface area contributed by atoms with Gasteiger partial charge in [0.2, 0.25) is 5.91 Å². The Bertz CT molecular complexity index is 284. The molecule has 12 heavy (non-hydrogen) atoms. The summed E-state index contributed by atoms with van der Waals surface area (Å²) in [5.41, 5.74) is 5.05. The van der Waals surface area contributed by atoms with Crippen LogP contribution in [0.15, 0.2) is 12.1 Å². The molecule has 0 aromatic carbocycles. The van der Waals surface area contributed by atoms with Crippen LogP contribution >= 0.6 is 22.9 Å². The minimum Gasteiger partial charge on any atom is -0.368 e. The van der Waals surface area contributed by atoms with Crippen LogP contribution in [-0.2, 0) is 11.2 Å². The van der Waals surface area contributed by atoms with Gasteiger partial charge in [0, 0.05) is 9.75 Å². The van der Waals surface area contributed by atoms with Crippen molar-refractivity contribution in [3.05, 3.63) is 21.9 Å². The predicted molar refractivity (Wildman–Crippen MR) is 51.5 cm³/mol. The summed E-state index contributed by atoms with van der Waals surface area (Å²) >= 11 is 7.28. The maximum absolute atomic E-state index is 10.7. The van der Waals surface area contributed by atoms with E-state index in [2.05, 4.69) is 6.92 Å². The topological polar surface area (TPSA) is 43.1 Å². The first kappa shape index (κ1) is 9.55. The van der Waals surface area contributed by atoms with Crippen molar-refractivity contribution in [3.63, 3.8) is 0 Å². The smallest absolute Gasteiger partial charge is 0.240 e. The SMILES string of the molecule is CCc1ccc(C(Cl)C(N)=O)s1. The van der Waals surface area contributed by atoms with Crippen LogP contribution in [-0.4, -0.2) is 5.91 Å². The van der Waals surface area contributed by atoms with Gasteiger partial charge in [-0.2, -0.15) is 0 Å². The van der Waals surface area contributed by atoms with E-state index in [9.17, 15) is 4.79 Å². The molecule has 2 N–H and O–H groups in total. The molecule has 0 aliphatic rings. The molecule has 0 saturated carbocycles. The lowest BCUT2D eigenvalue weighted by Crippen LogP contribution is -2.15. The van der Waals surface area contributed by atoms with Crippen LogP contribution in [0.4, 0.5) is 0 Å². The first-order valence-corrected chi connectivity index (χ1v) is 4.92. The van der Waals surface area contributed by atoms with Crippen molar-refractivity contribution in [2.24, 2.45) is 5.73 Å². The molecule has 2 nitrogen and oxygen atoms in total. The molecule has 0 bridgehead atoms. The van der Waals surface area contributed by atoms with Crippen molar-refractivity contribution >= 4 is 28.8 Å². The number of hydrogen-bond donors (Lipinski definition) is 1. The van der Waals surface area contributed by atoms with Crippen molar-refractivity contribution in [2.75, 3.05) is 0 Å². The van der Waals surface area contributed by atoms with Gasteiger partial charge in [-0.05, 0) is 18.6 Å². The Morgan fingerprint density at radius 3 is 2.83 bits per heavy atom. The lowest BCUT2D eigenvalue weighted by Gasteiger charge is -1.99. The van der Waals surface area contributed by atoms with Crippen LogP contribution in [0.2, 0.25) is 0 Å². The van der Waals surface area contributed by atoms with Crippen molar-refractivity contribution in [1.29, 1.82) is 0 Å². The Labute approximate surface area is 80.3 Å². The van der Waals surface area contributed by atoms with Gasteiger partial charge in [0.25, 0.3) is 0 Å². The third-order valence-electron chi connectivity index (χ3n) is 1.53. The molecule has 4 heteroatoms. The van der Waals surface area contributed by atoms with E-state index in [0.717, 1.165) is 11.3 Å². The highest BCUT2D eigenvalue weighted by atomic mass is 35.5. The van der Waals surface area contributed by atoms with Crippen LogP contribution in [0.3, 0.4) is 0 Å². The molecule has 0 aliphatic heterocycles. The predicted octanol–water partition coefficient (Wildman–Crippen LogP) is 2.08. The number of hydrogen-bond acceptors (Lipinski definition) is 2. The van der Waals surface area contributed by atoms with E-state index in [1.165, 1.54) is 16.2 Å². The van der Waals surface area contributed by atoms with Crippen LogP contribution < -0.4 is 5.73 Å². The number of amides is 1. The number of halogens is 1. The second kappa shape index (κ2) is 3.92. The fourth-order valence-corrected chi connectivity index (χ4v) is 2.01. The molecule has 0 spiro atoms. The summed E-state index contributed by atoms with van der Waals surface area (Å²) in [5.74, 6) is -0.485. The molecule has 0 fully saturated rings. The highest BCUT2D eigenvalue weighted by molar-refractivity contribution is 7.12. The summed E-state index contributed by atoms with van der Waals surface area (Å²) in [4.78, 5) is 12.7. The van der Waals surface area contributed by atoms with Gasteiger partial charge in [-0.25, -0.2) is 0 Å². The molecule has 1 rings (SSSR count). The van der Waals surface area contributed by atoms with E-state index < -0.39 is 11.3 Å². The summed E-state index contributed by atoms with van der Waals surface area (Å²) < 4.78 is 0. The molecule has 0 radical (unpaired) electrons. The minimum atomic E-state index is -0.671. The first-order chi connectivity index (χ1) is 5.65.